The number of carbonyl (C=O) groups is 1. The minimum Gasteiger partial charge on any atom is -0.481 e. The van der Waals surface area contributed by atoms with Crippen molar-refractivity contribution in [2.24, 2.45) is 11.8 Å². The van der Waals surface area contributed by atoms with E-state index >= 15 is 0 Å². The molecule has 2 nitrogen and oxygen atoms in total. The molecule has 10 saturated carbocycles. The van der Waals surface area contributed by atoms with Gasteiger partial charge in [-0.3, -0.25) is 4.79 Å². The Morgan fingerprint density at radius 2 is 0.364 bits per heavy atom. The molecule has 10 rings (SSSR count). The average molecular weight is 928 g/mol. The third-order valence-electron chi connectivity index (χ3n) is 16.5. The lowest BCUT2D eigenvalue weighted by molar-refractivity contribution is -0.144. The van der Waals surface area contributed by atoms with E-state index in [1.807, 2.05) is 6.92 Å². The second-order valence-corrected chi connectivity index (χ2v) is 22.8. The quantitative estimate of drug-likeness (QED) is 0.306. The van der Waals surface area contributed by atoms with E-state index in [1.165, 1.54) is 366 Å². The smallest absolute Gasteiger partial charge is 0.306 e. The van der Waals surface area contributed by atoms with Gasteiger partial charge in [-0.1, -0.05) is 373 Å². The molecule has 0 aromatic carbocycles. The molecule has 1 unspecified atom stereocenters. The zero-order valence-corrected chi connectivity index (χ0v) is 45.9. The van der Waals surface area contributed by atoms with Crippen LogP contribution >= 0.6 is 0 Å². The summed E-state index contributed by atoms with van der Waals surface area (Å²) in [6.07, 6.45) is 87.8. The predicted molar refractivity (Wildman–Crippen MR) is 297 cm³/mol. The largest absolute Gasteiger partial charge is 0.481 e. The molecule has 0 aromatic rings. The normalized spacial score (nSPS) is 23.7. The number of carboxylic acids is 1. The molecule has 1 atom stereocenters. The fourth-order valence-corrected chi connectivity index (χ4v) is 11.8. The fourth-order valence-electron chi connectivity index (χ4n) is 11.8. The topological polar surface area (TPSA) is 37.3 Å². The van der Waals surface area contributed by atoms with Gasteiger partial charge in [-0.25, -0.2) is 0 Å². The highest BCUT2D eigenvalue weighted by molar-refractivity contribution is 5.70. The maximum atomic E-state index is 10.8. The highest BCUT2D eigenvalue weighted by Crippen LogP contribution is 2.32. The van der Waals surface area contributed by atoms with Crippen molar-refractivity contribution < 1.29 is 9.90 Å². The lowest BCUT2D eigenvalue weighted by Crippen LogP contribution is -2.24. The SMILES string of the molecule is C1CCCCC1.C1CCCCC1.C1CCCCC1.C1CCCCC1.C1CCCCC1.C1CCCCC1.C1CCCCC1.C1CCCCC1.C1CCCCC1.CCC(C(=O)O)C1CCCCC1. The van der Waals surface area contributed by atoms with Crippen molar-refractivity contribution in [3.05, 3.63) is 0 Å². The fraction of sp³-hybridized carbons (Fsp3) is 0.984. The van der Waals surface area contributed by atoms with Gasteiger partial charge in [0, 0.05) is 0 Å². The molecule has 0 radical (unpaired) electrons. The van der Waals surface area contributed by atoms with Crippen molar-refractivity contribution in [2.75, 3.05) is 0 Å². The van der Waals surface area contributed by atoms with E-state index in [-0.39, 0.29) is 5.92 Å². The van der Waals surface area contributed by atoms with Gasteiger partial charge in [-0.15, -0.1) is 0 Å². The van der Waals surface area contributed by atoms with Crippen LogP contribution in [0, 0.1) is 11.8 Å². The van der Waals surface area contributed by atoms with Crippen molar-refractivity contribution in [3.8, 4) is 0 Å². The molecule has 0 saturated heterocycles. The van der Waals surface area contributed by atoms with Crippen LogP contribution in [0.5, 0.6) is 0 Å². The third-order valence-corrected chi connectivity index (χ3v) is 16.5. The van der Waals surface area contributed by atoms with E-state index < -0.39 is 5.97 Å². The summed E-state index contributed by atoms with van der Waals surface area (Å²) in [5, 5.41) is 8.93. The zero-order chi connectivity index (χ0) is 47.2. The monoisotopic (exact) mass is 927 g/mol. The van der Waals surface area contributed by atoms with Gasteiger partial charge in [0.15, 0.2) is 0 Å². The molecule has 0 amide bonds. The van der Waals surface area contributed by atoms with Crippen molar-refractivity contribution in [1.29, 1.82) is 0 Å². The summed E-state index contributed by atoms with van der Waals surface area (Å²) < 4.78 is 0. The second-order valence-electron chi connectivity index (χ2n) is 22.8. The van der Waals surface area contributed by atoms with Gasteiger partial charge in [0.1, 0.15) is 0 Å². The first kappa shape index (κ1) is 63.5. The predicted octanol–water partition coefficient (Wildman–Crippen LogP) is 23.7. The molecule has 0 spiro atoms. The molecular formula is C64H126O2. The van der Waals surface area contributed by atoms with Crippen LogP contribution in [0.3, 0.4) is 0 Å². The molecule has 0 aliphatic heterocycles. The van der Waals surface area contributed by atoms with Crippen molar-refractivity contribution in [3.63, 3.8) is 0 Å². The van der Waals surface area contributed by atoms with E-state index in [4.69, 9.17) is 5.11 Å². The minimum atomic E-state index is -0.593. The summed E-state index contributed by atoms with van der Waals surface area (Å²) in [5.41, 5.74) is 0. The van der Waals surface area contributed by atoms with Gasteiger partial charge in [-0.2, -0.15) is 0 Å². The summed E-state index contributed by atoms with van der Waals surface area (Å²) >= 11 is 0. The summed E-state index contributed by atoms with van der Waals surface area (Å²) in [6.45, 7) is 1.98. The number of hydrogen-bond acceptors (Lipinski definition) is 1. The summed E-state index contributed by atoms with van der Waals surface area (Å²) in [4.78, 5) is 10.8. The van der Waals surface area contributed by atoms with Crippen LogP contribution in [0.1, 0.15) is 392 Å². The van der Waals surface area contributed by atoms with Crippen molar-refractivity contribution in [2.45, 2.75) is 392 Å². The number of hydrogen-bond donors (Lipinski definition) is 1. The van der Waals surface area contributed by atoms with E-state index in [1.54, 1.807) is 0 Å². The van der Waals surface area contributed by atoms with E-state index in [0.29, 0.717) is 5.92 Å². The summed E-state index contributed by atoms with van der Waals surface area (Å²) in [7, 11) is 0. The Bertz CT molecular complexity index is 581. The lowest BCUT2D eigenvalue weighted by atomic mass is 9.79. The van der Waals surface area contributed by atoms with Gasteiger partial charge in [-0.05, 0) is 25.2 Å². The van der Waals surface area contributed by atoms with Gasteiger partial charge in [0.25, 0.3) is 0 Å². The zero-order valence-electron chi connectivity index (χ0n) is 45.9. The van der Waals surface area contributed by atoms with E-state index in [0.717, 1.165) is 19.3 Å². The molecule has 0 heterocycles. The average Bonchev–Trinajstić information content (AvgIpc) is 3.45. The molecular weight excluding hydrogens is 801 g/mol. The molecule has 394 valence electrons. The van der Waals surface area contributed by atoms with Crippen LogP contribution < -0.4 is 0 Å². The van der Waals surface area contributed by atoms with Gasteiger partial charge < -0.3 is 5.11 Å². The third kappa shape index (κ3) is 48.5. The minimum absolute atomic E-state index is 0.0784. The maximum Gasteiger partial charge on any atom is 0.306 e. The Hall–Kier alpha value is -0.530. The first-order valence-electron chi connectivity index (χ1n) is 32.0. The Labute approximate surface area is 418 Å². The van der Waals surface area contributed by atoms with Crippen LogP contribution in [0.15, 0.2) is 0 Å². The van der Waals surface area contributed by atoms with Crippen LogP contribution in [0.4, 0.5) is 0 Å². The van der Waals surface area contributed by atoms with E-state index in [2.05, 4.69) is 0 Å². The first-order valence-corrected chi connectivity index (χ1v) is 32.0. The Kier molecular flexibility index (Phi) is 53.3. The maximum absolute atomic E-state index is 10.8. The highest BCUT2D eigenvalue weighted by atomic mass is 16.4. The molecule has 1 N–H and O–H groups in total. The highest BCUT2D eigenvalue weighted by Gasteiger charge is 2.27. The summed E-state index contributed by atoms with van der Waals surface area (Å²) in [5.74, 6) is -0.212. The first-order chi connectivity index (χ1) is 32.8. The van der Waals surface area contributed by atoms with Gasteiger partial charge >= 0.3 is 5.97 Å². The van der Waals surface area contributed by atoms with Gasteiger partial charge in [0.2, 0.25) is 0 Å². The number of aliphatic carboxylic acids is 1. The molecule has 0 aromatic heterocycles. The van der Waals surface area contributed by atoms with Crippen LogP contribution in [0.25, 0.3) is 0 Å². The molecule has 0 bridgehead atoms. The van der Waals surface area contributed by atoms with Crippen LogP contribution in [-0.4, -0.2) is 11.1 Å². The molecule has 10 aliphatic carbocycles. The lowest BCUT2D eigenvalue weighted by Gasteiger charge is -2.26. The summed E-state index contributed by atoms with van der Waals surface area (Å²) in [6, 6.07) is 0. The number of carboxylic acid groups (broad SMARTS) is 1. The Balaban J connectivity index is 0.000000370. The Morgan fingerprint density at radius 3 is 0.455 bits per heavy atom. The van der Waals surface area contributed by atoms with E-state index in [9.17, 15) is 4.79 Å². The molecule has 10 aliphatic rings. The Morgan fingerprint density at radius 1 is 0.258 bits per heavy atom. The number of rotatable bonds is 3. The molecule has 2 heteroatoms. The standard InChI is InChI=1S/C10H18O2.9C6H12/c1-2-9(10(11)12)8-6-4-3-5-7-8;9*1-2-4-6-5-3-1/h8-9H,2-7H2,1H3,(H,11,12);9*1-6H2. The van der Waals surface area contributed by atoms with Crippen molar-refractivity contribution in [1.82, 2.24) is 0 Å². The molecule has 66 heavy (non-hydrogen) atoms. The molecule has 10 fully saturated rings. The van der Waals surface area contributed by atoms with Crippen LogP contribution in [-0.2, 0) is 4.79 Å². The van der Waals surface area contributed by atoms with Crippen molar-refractivity contribution >= 4 is 5.97 Å². The second kappa shape index (κ2) is 55.4. The van der Waals surface area contributed by atoms with Crippen LogP contribution in [0.2, 0.25) is 0 Å². The van der Waals surface area contributed by atoms with Gasteiger partial charge in [0.05, 0.1) is 5.92 Å².